The van der Waals surface area contributed by atoms with E-state index in [1.807, 2.05) is 12.1 Å². The van der Waals surface area contributed by atoms with Crippen molar-refractivity contribution in [1.29, 1.82) is 0 Å². The summed E-state index contributed by atoms with van der Waals surface area (Å²) >= 11 is -0.201. The molecule has 2 aromatic rings. The number of hydrogen-bond acceptors (Lipinski definition) is 5. The molecule has 0 aliphatic carbocycles. The Morgan fingerprint density at radius 2 is 1.82 bits per heavy atom. The number of carboxylic acid groups (broad SMARTS) is 1. The molecule has 0 saturated carbocycles. The molecule has 0 aromatic heterocycles. The maximum absolute atomic E-state index is 12.7. The molecule has 0 heterocycles. The summed E-state index contributed by atoms with van der Waals surface area (Å²) in [6, 6.07) is 14.3. The zero-order valence-electron chi connectivity index (χ0n) is 15.3. The van der Waals surface area contributed by atoms with Crippen LogP contribution in [0.15, 0.2) is 48.5 Å². The molecule has 0 fully saturated rings. The van der Waals surface area contributed by atoms with Crippen LogP contribution < -0.4 is 19.8 Å². The Hall–Kier alpha value is -2.48. The first-order chi connectivity index (χ1) is 13.4. The zero-order chi connectivity index (χ0) is 20.5. The Morgan fingerprint density at radius 1 is 1.14 bits per heavy atom. The van der Waals surface area contributed by atoms with Crippen LogP contribution in [0.3, 0.4) is 0 Å². The van der Waals surface area contributed by atoms with E-state index in [-0.39, 0.29) is 25.7 Å². The van der Waals surface area contributed by atoms with Crippen molar-refractivity contribution < 1.29 is 24.2 Å². The molecular formula is C19H20N2O5SSe. The fourth-order valence-electron chi connectivity index (χ4n) is 2.07. The van der Waals surface area contributed by atoms with Gasteiger partial charge in [0.1, 0.15) is 0 Å². The van der Waals surface area contributed by atoms with E-state index < -0.39 is 17.8 Å². The van der Waals surface area contributed by atoms with Gasteiger partial charge in [-0.3, -0.25) is 0 Å². The Labute approximate surface area is 172 Å². The number of carboxylic acids is 1. The summed E-state index contributed by atoms with van der Waals surface area (Å²) in [6.07, 6.45) is 0. The van der Waals surface area contributed by atoms with Gasteiger partial charge in [-0.25, -0.2) is 0 Å². The molecule has 0 aliphatic rings. The van der Waals surface area contributed by atoms with Gasteiger partial charge in [-0.15, -0.1) is 0 Å². The van der Waals surface area contributed by atoms with E-state index >= 15 is 0 Å². The molecule has 2 aromatic carbocycles. The average Bonchev–Trinajstić information content (AvgIpc) is 2.70. The van der Waals surface area contributed by atoms with E-state index in [4.69, 9.17) is 9.84 Å². The van der Waals surface area contributed by atoms with Crippen molar-refractivity contribution in [1.82, 2.24) is 5.32 Å². The van der Waals surface area contributed by atoms with E-state index in [2.05, 4.69) is 10.6 Å². The molecular weight excluding hydrogens is 447 g/mol. The molecule has 2 rings (SSSR count). The number of methoxy groups -OCH3 is 1. The van der Waals surface area contributed by atoms with Crippen molar-refractivity contribution in [3.05, 3.63) is 54.1 Å². The van der Waals surface area contributed by atoms with E-state index in [0.29, 0.717) is 17.0 Å². The van der Waals surface area contributed by atoms with E-state index in [1.165, 1.54) is 10.2 Å². The van der Waals surface area contributed by atoms with Crippen molar-refractivity contribution in [3.63, 3.8) is 0 Å². The Balaban J connectivity index is 2.00. The fourth-order valence-corrected chi connectivity index (χ4v) is 6.17. The minimum absolute atomic E-state index is 0.201. The van der Waals surface area contributed by atoms with Gasteiger partial charge < -0.3 is 0 Å². The van der Waals surface area contributed by atoms with Gasteiger partial charge in [-0.05, 0) is 0 Å². The van der Waals surface area contributed by atoms with Crippen LogP contribution in [0.2, 0.25) is 0 Å². The molecule has 0 saturated heterocycles. The number of anilines is 1. The van der Waals surface area contributed by atoms with Gasteiger partial charge in [-0.2, -0.15) is 0 Å². The van der Waals surface area contributed by atoms with Gasteiger partial charge in [-0.1, -0.05) is 0 Å². The summed E-state index contributed by atoms with van der Waals surface area (Å²) in [5, 5.41) is 13.4. The van der Waals surface area contributed by atoms with Crippen LogP contribution in [0.25, 0.3) is 0 Å². The molecule has 148 valence electrons. The standard InChI is InChI=1S/C19H20N2O5SSe/c1-12(18(24)20-11-17(22)23)27-28-16-6-4-3-5-15(16)19(25)21-13-7-9-14(26-2)10-8-13/h3-10,12H,11H2,1-2H3,(H,20,24)(H,21,25)(H,22,23). The molecule has 9 heteroatoms. The second-order valence-electron chi connectivity index (χ2n) is 5.61. The van der Waals surface area contributed by atoms with E-state index in [0.717, 1.165) is 4.46 Å². The van der Waals surface area contributed by atoms with Crippen molar-refractivity contribution in [2.75, 3.05) is 19.0 Å². The quantitative estimate of drug-likeness (QED) is 0.483. The molecule has 28 heavy (non-hydrogen) atoms. The summed E-state index contributed by atoms with van der Waals surface area (Å²) in [5.41, 5.74) is 1.20. The normalized spacial score (nSPS) is 11.4. The van der Waals surface area contributed by atoms with Crippen molar-refractivity contribution >= 4 is 51.9 Å². The summed E-state index contributed by atoms with van der Waals surface area (Å²) < 4.78 is 5.95. The van der Waals surface area contributed by atoms with Gasteiger partial charge in [0.25, 0.3) is 0 Å². The van der Waals surface area contributed by atoms with Gasteiger partial charge in [0, 0.05) is 0 Å². The summed E-state index contributed by atoms with van der Waals surface area (Å²) in [6.45, 7) is 1.31. The number of benzene rings is 2. The molecule has 7 nitrogen and oxygen atoms in total. The third-order valence-corrected chi connectivity index (χ3v) is 8.62. The van der Waals surface area contributed by atoms with Crippen LogP contribution in [0.4, 0.5) is 5.69 Å². The Kier molecular flexibility index (Phi) is 8.38. The number of nitrogens with one attached hydrogen (secondary N) is 2. The maximum atomic E-state index is 12.7. The fraction of sp³-hybridized carbons (Fsp3) is 0.211. The molecule has 1 unspecified atom stereocenters. The van der Waals surface area contributed by atoms with Gasteiger partial charge >= 0.3 is 172 Å². The number of carbonyl (C=O) groups is 3. The number of aliphatic carboxylic acids is 1. The van der Waals surface area contributed by atoms with Crippen LogP contribution in [-0.4, -0.2) is 55.6 Å². The third kappa shape index (κ3) is 6.60. The van der Waals surface area contributed by atoms with Gasteiger partial charge in [0.05, 0.1) is 0 Å². The number of ether oxygens (including phenoxy) is 1. The molecule has 2 amide bonds. The predicted octanol–water partition coefficient (Wildman–Crippen LogP) is 1.51. The zero-order valence-corrected chi connectivity index (χ0v) is 17.8. The van der Waals surface area contributed by atoms with Crippen LogP contribution >= 0.6 is 10.2 Å². The summed E-state index contributed by atoms with van der Waals surface area (Å²) in [7, 11) is 2.97. The predicted molar refractivity (Wildman–Crippen MR) is 110 cm³/mol. The molecule has 0 aliphatic heterocycles. The second-order valence-corrected chi connectivity index (χ2v) is 9.86. The first kappa shape index (κ1) is 21.8. The number of rotatable bonds is 9. The first-order valence-electron chi connectivity index (χ1n) is 8.28. The molecule has 3 N–H and O–H groups in total. The number of hydrogen-bond donors (Lipinski definition) is 3. The monoisotopic (exact) mass is 468 g/mol. The van der Waals surface area contributed by atoms with Crippen LogP contribution in [0, 0.1) is 0 Å². The van der Waals surface area contributed by atoms with Crippen molar-refractivity contribution in [2.24, 2.45) is 0 Å². The van der Waals surface area contributed by atoms with E-state index in [1.54, 1.807) is 50.4 Å². The summed E-state index contributed by atoms with van der Waals surface area (Å²) in [5.74, 6) is -0.953. The first-order valence-corrected chi connectivity index (χ1v) is 12.0. The average molecular weight is 467 g/mol. The van der Waals surface area contributed by atoms with Gasteiger partial charge in [0.2, 0.25) is 0 Å². The van der Waals surface area contributed by atoms with Crippen molar-refractivity contribution in [2.45, 2.75) is 12.2 Å². The third-order valence-electron chi connectivity index (χ3n) is 3.54. The number of carbonyl (C=O) groups excluding carboxylic acids is 2. The van der Waals surface area contributed by atoms with Crippen LogP contribution in [0.5, 0.6) is 5.75 Å². The Morgan fingerprint density at radius 3 is 2.46 bits per heavy atom. The minimum atomic E-state index is -1.09. The topological polar surface area (TPSA) is 105 Å². The Bertz CT molecular complexity index is 844. The molecule has 0 spiro atoms. The van der Waals surface area contributed by atoms with E-state index in [9.17, 15) is 14.4 Å². The SMILES string of the molecule is COc1ccc(NC(=O)c2ccccc2[Se]SC(C)C(=O)NCC(=O)O)cc1. The molecule has 1 atom stereocenters. The molecule has 0 bridgehead atoms. The van der Waals surface area contributed by atoms with Gasteiger partial charge in [0.15, 0.2) is 0 Å². The van der Waals surface area contributed by atoms with Crippen LogP contribution in [0.1, 0.15) is 17.3 Å². The van der Waals surface area contributed by atoms with Crippen LogP contribution in [-0.2, 0) is 9.59 Å². The second kappa shape index (κ2) is 10.8. The number of amides is 2. The summed E-state index contributed by atoms with van der Waals surface area (Å²) in [4.78, 5) is 35.1. The van der Waals surface area contributed by atoms with Crippen molar-refractivity contribution in [3.8, 4) is 5.75 Å². The molecule has 0 radical (unpaired) electrons.